The summed E-state index contributed by atoms with van der Waals surface area (Å²) in [6, 6.07) is 7.13. The van der Waals surface area contributed by atoms with Crippen LogP contribution in [0.25, 0.3) is 0 Å². The number of hydrogen-bond donors (Lipinski definition) is 2. The Labute approximate surface area is 301 Å². The smallest absolute Gasteiger partial charge is 0.477 e. The summed E-state index contributed by atoms with van der Waals surface area (Å²) >= 11 is 0. The lowest BCUT2D eigenvalue weighted by Gasteiger charge is -2.62. The van der Waals surface area contributed by atoms with Crippen LogP contribution in [-0.4, -0.2) is 99.4 Å². The van der Waals surface area contributed by atoms with E-state index in [1.807, 2.05) is 12.1 Å². The van der Waals surface area contributed by atoms with Crippen molar-refractivity contribution >= 4 is 17.7 Å². The topological polar surface area (TPSA) is 135 Å². The number of likely N-dealkylation sites (tertiary alicyclic amines) is 2. The second-order valence-corrected chi connectivity index (χ2v) is 17.8. The van der Waals surface area contributed by atoms with Crippen LogP contribution >= 0.6 is 0 Å². The van der Waals surface area contributed by atoms with E-state index in [1.165, 1.54) is 25.7 Å². The molecule has 11 heteroatoms. The van der Waals surface area contributed by atoms with E-state index < -0.39 is 40.4 Å². The minimum atomic E-state index is -1.12. The lowest BCUT2D eigenvalue weighted by Crippen LogP contribution is -2.76. The summed E-state index contributed by atoms with van der Waals surface area (Å²) in [5.41, 5.74) is -0.350. The lowest BCUT2D eigenvalue weighted by molar-refractivity contribution is -0.188. The second kappa shape index (κ2) is 9.96. The molecule has 12 rings (SSSR count). The number of piperidine rings is 2. The van der Waals surface area contributed by atoms with Gasteiger partial charge < -0.3 is 29.2 Å². The van der Waals surface area contributed by atoms with Crippen LogP contribution < -0.4 is 18.9 Å². The zero-order chi connectivity index (χ0) is 34.9. The Balaban J connectivity index is 0.879. The van der Waals surface area contributed by atoms with Gasteiger partial charge in [-0.15, -0.1) is 0 Å². The number of Topliss-reactive ketones (excluding diaryl/α,β-unsaturated/α-hetero) is 2. The first-order valence-corrected chi connectivity index (χ1v) is 19.7. The summed E-state index contributed by atoms with van der Waals surface area (Å²) in [5.74, 6) is 2.30. The van der Waals surface area contributed by atoms with Gasteiger partial charge in [-0.25, -0.2) is 4.79 Å². The number of carbonyl (C=O) groups is 3. The fourth-order valence-corrected chi connectivity index (χ4v) is 12.9. The van der Waals surface area contributed by atoms with Gasteiger partial charge in [0.1, 0.15) is 0 Å². The van der Waals surface area contributed by atoms with Crippen molar-refractivity contribution in [1.29, 1.82) is 0 Å². The summed E-state index contributed by atoms with van der Waals surface area (Å²) in [6.07, 6.45) is 6.03. The zero-order valence-electron chi connectivity index (χ0n) is 29.2. The molecule has 2 aromatic carbocycles. The summed E-state index contributed by atoms with van der Waals surface area (Å²) in [4.78, 5) is 45.7. The number of nitrogens with zero attached hydrogens (tertiary/aromatic N) is 2. The van der Waals surface area contributed by atoms with Crippen LogP contribution in [0.1, 0.15) is 86.5 Å². The van der Waals surface area contributed by atoms with E-state index in [4.69, 9.17) is 18.9 Å². The minimum absolute atomic E-state index is 0.0261. The van der Waals surface area contributed by atoms with E-state index in [0.29, 0.717) is 61.9 Å². The van der Waals surface area contributed by atoms with Crippen molar-refractivity contribution in [2.24, 2.45) is 11.8 Å². The third kappa shape index (κ3) is 3.64. The van der Waals surface area contributed by atoms with Gasteiger partial charge in [0.05, 0.1) is 22.0 Å². The quantitative estimate of drug-likeness (QED) is 0.337. The predicted octanol–water partition coefficient (Wildman–Crippen LogP) is 3.53. The molecule has 6 fully saturated rings. The van der Waals surface area contributed by atoms with E-state index in [0.717, 1.165) is 48.4 Å². The molecule has 4 saturated carbocycles. The molecule has 8 atom stereocenters. The Morgan fingerprint density at radius 2 is 1.13 bits per heavy atom. The first kappa shape index (κ1) is 30.9. The fourth-order valence-electron chi connectivity index (χ4n) is 12.9. The van der Waals surface area contributed by atoms with Crippen molar-refractivity contribution in [1.82, 2.24) is 9.80 Å². The number of hydrogen-bond acceptors (Lipinski definition) is 11. The molecule has 3 unspecified atom stereocenters. The van der Waals surface area contributed by atoms with Crippen molar-refractivity contribution in [2.75, 3.05) is 26.2 Å². The summed E-state index contributed by atoms with van der Waals surface area (Å²) in [5, 5.41) is 25.2. The van der Waals surface area contributed by atoms with Crippen LogP contribution in [0.5, 0.6) is 23.0 Å². The molecule has 4 bridgehead atoms. The first-order chi connectivity index (χ1) is 25.1. The van der Waals surface area contributed by atoms with Gasteiger partial charge in [0.15, 0.2) is 46.8 Å². The van der Waals surface area contributed by atoms with Crippen molar-refractivity contribution in [3.8, 4) is 23.0 Å². The molecular weight excluding hydrogens is 664 g/mol. The average Bonchev–Trinajstić information content (AvgIpc) is 4.05. The first-order valence-electron chi connectivity index (χ1n) is 19.7. The molecule has 52 heavy (non-hydrogen) atoms. The van der Waals surface area contributed by atoms with E-state index in [9.17, 15) is 24.6 Å². The number of rotatable bonds is 6. The van der Waals surface area contributed by atoms with Gasteiger partial charge in [-0.05, 0) is 112 Å². The summed E-state index contributed by atoms with van der Waals surface area (Å²) in [7, 11) is 0. The number of ether oxygens (including phenoxy) is 4. The average molecular weight is 709 g/mol. The van der Waals surface area contributed by atoms with Gasteiger partial charge in [0.2, 0.25) is 0 Å². The fraction of sp³-hybridized carbons (Fsp3) is 0.634. The van der Waals surface area contributed by atoms with Crippen LogP contribution in [0, 0.1) is 11.8 Å². The number of aliphatic hydroxyl groups is 2. The van der Waals surface area contributed by atoms with Crippen molar-refractivity contribution in [3.05, 3.63) is 46.5 Å². The molecule has 2 saturated heterocycles. The lowest BCUT2D eigenvalue weighted by atomic mass is 9.49. The van der Waals surface area contributed by atoms with Gasteiger partial charge >= 0.3 is 6.16 Å². The van der Waals surface area contributed by atoms with Gasteiger partial charge in [-0.1, -0.05) is 12.1 Å². The maximum absolute atomic E-state index is 13.7. The number of carbonyl (C=O) groups excluding carboxylic acids is 3. The van der Waals surface area contributed by atoms with E-state index in [1.54, 1.807) is 12.1 Å². The maximum atomic E-state index is 13.7. The molecular formula is C41H44N2O9. The summed E-state index contributed by atoms with van der Waals surface area (Å²) in [6.45, 7) is 3.51. The van der Waals surface area contributed by atoms with Gasteiger partial charge in [-0.2, -0.15) is 0 Å². The van der Waals surface area contributed by atoms with Crippen LogP contribution in [0.2, 0.25) is 0 Å². The number of benzene rings is 2. The molecule has 0 amide bonds. The Bertz CT molecular complexity index is 1870. The Morgan fingerprint density at radius 3 is 1.56 bits per heavy atom. The monoisotopic (exact) mass is 708 g/mol. The number of ketones is 2. The van der Waals surface area contributed by atoms with Crippen molar-refractivity contribution < 1.29 is 43.5 Å². The van der Waals surface area contributed by atoms with E-state index >= 15 is 0 Å². The van der Waals surface area contributed by atoms with Crippen LogP contribution in [0.15, 0.2) is 24.3 Å². The minimum Gasteiger partial charge on any atom is -0.477 e. The second-order valence-electron chi connectivity index (χ2n) is 17.8. The third-order valence-corrected chi connectivity index (χ3v) is 15.5. The van der Waals surface area contributed by atoms with Crippen LogP contribution in [0.4, 0.5) is 4.79 Å². The van der Waals surface area contributed by atoms with Crippen molar-refractivity contribution in [3.63, 3.8) is 0 Å². The highest BCUT2D eigenvalue weighted by atomic mass is 16.7. The maximum Gasteiger partial charge on any atom is 0.519 e. The molecule has 4 aliphatic heterocycles. The zero-order valence-corrected chi connectivity index (χ0v) is 29.2. The molecule has 2 spiro atoms. The third-order valence-electron chi connectivity index (χ3n) is 15.5. The van der Waals surface area contributed by atoms with Crippen molar-refractivity contribution in [2.45, 2.75) is 123 Å². The van der Waals surface area contributed by atoms with Gasteiger partial charge in [0.25, 0.3) is 0 Å². The van der Waals surface area contributed by atoms with E-state index in [-0.39, 0.29) is 48.0 Å². The molecule has 0 radical (unpaired) electrons. The normalized spacial score (nSPS) is 40.4. The Hall–Kier alpha value is -3.51. The van der Waals surface area contributed by atoms with E-state index in [2.05, 4.69) is 9.80 Å². The highest BCUT2D eigenvalue weighted by Crippen LogP contribution is 2.67. The van der Waals surface area contributed by atoms with Crippen LogP contribution in [0.3, 0.4) is 0 Å². The highest BCUT2D eigenvalue weighted by molar-refractivity contribution is 5.91. The molecule has 0 aromatic heterocycles. The molecule has 4 heterocycles. The van der Waals surface area contributed by atoms with Gasteiger partial charge in [0, 0.05) is 49.1 Å². The van der Waals surface area contributed by atoms with Gasteiger partial charge in [-0.3, -0.25) is 19.4 Å². The molecule has 6 aliphatic carbocycles. The molecule has 272 valence electrons. The van der Waals surface area contributed by atoms with Crippen LogP contribution in [-0.2, 0) is 33.3 Å². The summed E-state index contributed by atoms with van der Waals surface area (Å²) < 4.78 is 24.8. The molecule has 2 aromatic rings. The standard InChI is InChI=1S/C41H44N2O9/c44-25-9-11-40(47)29-17-23-5-7-27(33-31(23)38(40,35(25)51-33)13-15-42(29)19-21-1-2-21)49-37(46)50-28-8-6-24-18-30-41(48)12-10-26(45)36-39(41,32(24)34(28)52-36)14-16-43(30)20-22-3-4-22/h5-8,21-22,29-30,35-36,47-48H,1-4,9-20H2/t29-,30?,35?,36?,38+,39+,40-,41-/m1/s1. The largest absolute Gasteiger partial charge is 0.519 e. The molecule has 11 nitrogen and oxygen atoms in total. The predicted molar refractivity (Wildman–Crippen MR) is 183 cm³/mol. The Kier molecular flexibility index (Phi) is 5.92. The molecule has 2 N–H and O–H groups in total. The SMILES string of the molecule is O=C(Oc1ccc2c3c1OC1C(=O)CC[C@@]4(O)C(C2)N(CC2CC2)CC[C@]314)Oc1ccc2c3c1OC1C(=O)CC[C@@]4(O)[C@@H](C2)N(CC2CC2)CC[C@]314. The highest BCUT2D eigenvalue weighted by Gasteiger charge is 2.75. The molecule has 10 aliphatic rings. The Morgan fingerprint density at radius 1 is 0.692 bits per heavy atom.